The second kappa shape index (κ2) is 9.09. The van der Waals surface area contributed by atoms with Crippen molar-refractivity contribution in [3.8, 4) is 0 Å². The molecule has 0 radical (unpaired) electrons. The van der Waals surface area contributed by atoms with Gasteiger partial charge in [0.25, 0.3) is 5.91 Å². The molecule has 1 unspecified atom stereocenters. The molecule has 9 nitrogen and oxygen atoms in total. The summed E-state index contributed by atoms with van der Waals surface area (Å²) in [6.07, 6.45) is 1.43. The Labute approximate surface area is 134 Å². The van der Waals surface area contributed by atoms with Gasteiger partial charge in [-0.2, -0.15) is 0 Å². The second-order valence-corrected chi connectivity index (χ2v) is 5.73. The maximum Gasteiger partial charge on any atom is 0.289 e. The SMILES string of the molecule is C[C@H](O)CC(=O)NC(CCCN=C(N)N)C(=O)C(=O)NC1CC1. The average molecular weight is 327 g/mol. The first kappa shape index (κ1) is 18.9. The lowest BCUT2D eigenvalue weighted by Gasteiger charge is -2.17. The van der Waals surface area contributed by atoms with Crippen molar-refractivity contribution in [1.29, 1.82) is 0 Å². The van der Waals surface area contributed by atoms with Crippen LogP contribution in [0, 0.1) is 0 Å². The van der Waals surface area contributed by atoms with Crippen LogP contribution in [0.4, 0.5) is 0 Å². The fourth-order valence-corrected chi connectivity index (χ4v) is 1.94. The first-order valence-corrected chi connectivity index (χ1v) is 7.67. The van der Waals surface area contributed by atoms with Crippen LogP contribution in [-0.2, 0) is 14.4 Å². The normalized spacial score (nSPS) is 16.1. The molecule has 2 amide bonds. The summed E-state index contributed by atoms with van der Waals surface area (Å²) < 4.78 is 0. The molecule has 0 saturated heterocycles. The number of carbonyl (C=O) groups excluding carboxylic acids is 3. The minimum Gasteiger partial charge on any atom is -0.393 e. The number of amides is 2. The van der Waals surface area contributed by atoms with Gasteiger partial charge in [-0.1, -0.05) is 0 Å². The molecular weight excluding hydrogens is 302 g/mol. The minimum absolute atomic E-state index is 0.0573. The number of aliphatic imine (C=N–C) groups is 1. The van der Waals surface area contributed by atoms with Crippen molar-refractivity contribution in [3.63, 3.8) is 0 Å². The van der Waals surface area contributed by atoms with Crippen molar-refractivity contribution in [3.05, 3.63) is 0 Å². The van der Waals surface area contributed by atoms with Gasteiger partial charge in [0, 0.05) is 12.6 Å². The van der Waals surface area contributed by atoms with Gasteiger partial charge >= 0.3 is 0 Å². The van der Waals surface area contributed by atoms with E-state index < -0.39 is 29.7 Å². The number of carbonyl (C=O) groups is 3. The summed E-state index contributed by atoms with van der Waals surface area (Å²) in [7, 11) is 0. The van der Waals surface area contributed by atoms with Crippen LogP contribution in [-0.4, -0.2) is 53.4 Å². The fraction of sp³-hybridized carbons (Fsp3) is 0.714. The Kier molecular flexibility index (Phi) is 7.46. The predicted molar refractivity (Wildman–Crippen MR) is 84.3 cm³/mol. The monoisotopic (exact) mass is 327 g/mol. The molecule has 2 atom stereocenters. The van der Waals surface area contributed by atoms with Crippen LogP contribution in [0.2, 0.25) is 0 Å². The maximum absolute atomic E-state index is 12.2. The van der Waals surface area contributed by atoms with Gasteiger partial charge in [0.15, 0.2) is 5.96 Å². The van der Waals surface area contributed by atoms with Crippen molar-refractivity contribution in [2.45, 2.75) is 57.2 Å². The van der Waals surface area contributed by atoms with E-state index in [2.05, 4.69) is 15.6 Å². The number of guanidine groups is 1. The first-order valence-electron chi connectivity index (χ1n) is 7.67. The van der Waals surface area contributed by atoms with Crippen LogP contribution < -0.4 is 22.1 Å². The molecule has 0 spiro atoms. The van der Waals surface area contributed by atoms with E-state index in [9.17, 15) is 19.5 Å². The van der Waals surface area contributed by atoms with Gasteiger partial charge in [0.05, 0.1) is 18.6 Å². The van der Waals surface area contributed by atoms with E-state index in [0.29, 0.717) is 13.0 Å². The third-order valence-electron chi connectivity index (χ3n) is 3.21. The molecule has 0 aromatic rings. The highest BCUT2D eigenvalue weighted by Crippen LogP contribution is 2.18. The number of aliphatic hydroxyl groups excluding tert-OH is 1. The number of hydrogen-bond acceptors (Lipinski definition) is 5. The molecule has 1 aliphatic rings. The summed E-state index contributed by atoms with van der Waals surface area (Å²) in [6.45, 7) is 1.76. The number of nitrogens with one attached hydrogen (secondary N) is 2. The largest absolute Gasteiger partial charge is 0.393 e. The Balaban J connectivity index is 2.57. The van der Waals surface area contributed by atoms with Crippen LogP contribution in [0.1, 0.15) is 39.0 Å². The number of rotatable bonds is 10. The molecule has 0 aliphatic heterocycles. The Morgan fingerprint density at radius 1 is 1.30 bits per heavy atom. The van der Waals surface area contributed by atoms with Gasteiger partial charge in [0.1, 0.15) is 0 Å². The minimum atomic E-state index is -0.950. The predicted octanol–water partition coefficient (Wildman–Crippen LogP) is -1.86. The van der Waals surface area contributed by atoms with Crippen LogP contribution in [0.3, 0.4) is 0 Å². The van der Waals surface area contributed by atoms with Crippen molar-refractivity contribution >= 4 is 23.6 Å². The number of ketones is 1. The summed E-state index contributed by atoms with van der Waals surface area (Å²) >= 11 is 0. The van der Waals surface area contributed by atoms with Crippen molar-refractivity contribution < 1.29 is 19.5 Å². The van der Waals surface area contributed by atoms with Crippen molar-refractivity contribution in [2.75, 3.05) is 6.54 Å². The summed E-state index contributed by atoms with van der Waals surface area (Å²) in [5.41, 5.74) is 10.4. The van der Waals surface area contributed by atoms with Gasteiger partial charge < -0.3 is 27.2 Å². The van der Waals surface area contributed by atoms with Crippen LogP contribution in [0.5, 0.6) is 0 Å². The third-order valence-corrected chi connectivity index (χ3v) is 3.21. The molecule has 23 heavy (non-hydrogen) atoms. The Hall–Kier alpha value is -2.16. The quantitative estimate of drug-likeness (QED) is 0.137. The molecular formula is C14H25N5O4. The number of aliphatic hydroxyl groups is 1. The molecule has 0 aromatic carbocycles. The number of hydrogen-bond donors (Lipinski definition) is 5. The number of nitrogens with zero attached hydrogens (tertiary/aromatic N) is 1. The lowest BCUT2D eigenvalue weighted by atomic mass is 10.1. The molecule has 1 fully saturated rings. The molecule has 9 heteroatoms. The van der Waals surface area contributed by atoms with Crippen molar-refractivity contribution in [2.24, 2.45) is 16.5 Å². The Bertz CT molecular complexity index is 470. The topological polar surface area (TPSA) is 160 Å². The standard InChI is InChI=1S/C14H25N5O4/c1-8(20)7-11(21)19-10(3-2-6-17-14(15)16)12(22)13(23)18-9-4-5-9/h8-10,20H,2-7H2,1H3,(H,18,23)(H,19,21)(H4,15,16,17)/t8-,10?/m0/s1. The highest BCUT2D eigenvalue weighted by Gasteiger charge is 2.31. The Morgan fingerprint density at radius 3 is 2.48 bits per heavy atom. The van der Waals surface area contributed by atoms with Gasteiger partial charge in [-0.15, -0.1) is 0 Å². The van der Waals surface area contributed by atoms with E-state index in [-0.39, 0.29) is 24.8 Å². The number of nitrogens with two attached hydrogens (primary N) is 2. The molecule has 7 N–H and O–H groups in total. The third kappa shape index (κ3) is 8.15. The Morgan fingerprint density at radius 2 is 1.96 bits per heavy atom. The molecule has 0 bridgehead atoms. The van der Waals surface area contributed by atoms with Crippen LogP contribution in [0.25, 0.3) is 0 Å². The van der Waals surface area contributed by atoms with Gasteiger partial charge in [0.2, 0.25) is 11.7 Å². The van der Waals surface area contributed by atoms with E-state index in [1.165, 1.54) is 6.92 Å². The van der Waals surface area contributed by atoms with E-state index >= 15 is 0 Å². The van der Waals surface area contributed by atoms with E-state index in [1.54, 1.807) is 0 Å². The van der Waals surface area contributed by atoms with E-state index in [4.69, 9.17) is 11.5 Å². The smallest absolute Gasteiger partial charge is 0.289 e. The summed E-state index contributed by atoms with van der Waals surface area (Å²) in [5.74, 6) is -1.94. The highest BCUT2D eigenvalue weighted by atomic mass is 16.3. The molecule has 130 valence electrons. The molecule has 0 aromatic heterocycles. The van der Waals surface area contributed by atoms with Crippen molar-refractivity contribution in [1.82, 2.24) is 10.6 Å². The van der Waals surface area contributed by atoms with E-state index in [1.807, 2.05) is 0 Å². The van der Waals surface area contributed by atoms with E-state index in [0.717, 1.165) is 12.8 Å². The molecule has 1 rings (SSSR count). The summed E-state index contributed by atoms with van der Waals surface area (Å²) in [6, 6.07) is -0.892. The second-order valence-electron chi connectivity index (χ2n) is 5.73. The highest BCUT2D eigenvalue weighted by molar-refractivity contribution is 6.38. The molecule has 1 aliphatic carbocycles. The van der Waals surface area contributed by atoms with Gasteiger partial charge in [-0.05, 0) is 32.6 Å². The summed E-state index contributed by atoms with van der Waals surface area (Å²) in [5, 5.41) is 14.3. The van der Waals surface area contributed by atoms with Crippen LogP contribution >= 0.6 is 0 Å². The fourth-order valence-electron chi connectivity index (χ4n) is 1.94. The lowest BCUT2D eigenvalue weighted by molar-refractivity contribution is -0.140. The zero-order valence-corrected chi connectivity index (χ0v) is 13.2. The zero-order valence-electron chi connectivity index (χ0n) is 13.2. The maximum atomic E-state index is 12.2. The molecule has 0 heterocycles. The van der Waals surface area contributed by atoms with Crippen LogP contribution in [0.15, 0.2) is 4.99 Å². The molecule has 1 saturated carbocycles. The summed E-state index contributed by atoms with van der Waals surface area (Å²) in [4.78, 5) is 39.6. The zero-order chi connectivity index (χ0) is 17.4. The number of Topliss-reactive ketones (excluding diaryl/α,β-unsaturated/α-hetero) is 1. The first-order chi connectivity index (χ1) is 10.8. The average Bonchev–Trinajstić information content (AvgIpc) is 3.24. The van der Waals surface area contributed by atoms with Gasteiger partial charge in [-0.3, -0.25) is 19.4 Å². The lowest BCUT2D eigenvalue weighted by Crippen LogP contribution is -2.48. The van der Waals surface area contributed by atoms with Gasteiger partial charge in [-0.25, -0.2) is 0 Å².